The van der Waals surface area contributed by atoms with Crippen LogP contribution in [-0.4, -0.2) is 50.0 Å². The van der Waals surface area contributed by atoms with Crippen molar-refractivity contribution < 1.29 is 9.59 Å². The van der Waals surface area contributed by atoms with Crippen LogP contribution in [0.5, 0.6) is 0 Å². The molecule has 2 heterocycles. The molecule has 0 N–H and O–H groups in total. The molecule has 0 aliphatic carbocycles. The highest BCUT2D eigenvalue weighted by Gasteiger charge is 2.35. The largest absolute Gasteiger partial charge is 0.382 e. The average molecular weight is 329 g/mol. The zero-order valence-corrected chi connectivity index (χ0v) is 13.5. The summed E-state index contributed by atoms with van der Waals surface area (Å²) in [6.07, 6.45) is 3.36. The Hall–Kier alpha value is -2.61. The number of thioether (sulfide) groups is 1. The van der Waals surface area contributed by atoms with Crippen molar-refractivity contribution in [2.75, 3.05) is 14.1 Å². The van der Waals surface area contributed by atoms with Crippen LogP contribution in [0.25, 0.3) is 5.69 Å². The fourth-order valence-electron chi connectivity index (χ4n) is 2.10. The highest BCUT2D eigenvalue weighted by atomic mass is 32.2. The second-order valence-corrected chi connectivity index (χ2v) is 6.20. The molecule has 23 heavy (non-hydrogen) atoms. The average Bonchev–Trinajstić information content (AvgIpc) is 3.09. The maximum Gasteiger partial charge on any atom is 0.293 e. The van der Waals surface area contributed by atoms with E-state index in [0.29, 0.717) is 10.6 Å². The number of nitrogens with zero attached hydrogens (tertiary/aromatic N) is 5. The molecule has 1 aromatic carbocycles. The van der Waals surface area contributed by atoms with E-state index in [2.05, 4.69) is 10.3 Å². The van der Waals surface area contributed by atoms with Gasteiger partial charge < -0.3 is 4.90 Å². The molecule has 1 aromatic heterocycles. The number of benzene rings is 1. The van der Waals surface area contributed by atoms with E-state index < -0.39 is 0 Å². The smallest absolute Gasteiger partial charge is 0.293 e. The number of aromatic nitrogens is 3. The number of carbonyl (C=O) groups excluding carboxylic acids is 2. The van der Waals surface area contributed by atoms with Gasteiger partial charge in [0.1, 0.15) is 5.69 Å². The topological polar surface area (TPSA) is 71.3 Å². The first-order valence-corrected chi connectivity index (χ1v) is 7.75. The zero-order valence-electron chi connectivity index (χ0n) is 12.7. The van der Waals surface area contributed by atoms with Crippen LogP contribution in [0.1, 0.15) is 5.69 Å². The third-order valence-corrected chi connectivity index (χ3v) is 4.03. The summed E-state index contributed by atoms with van der Waals surface area (Å²) in [5, 5.41) is 7.78. The molecule has 118 valence electrons. The van der Waals surface area contributed by atoms with E-state index in [9.17, 15) is 9.59 Å². The third-order valence-electron chi connectivity index (χ3n) is 3.13. The lowest BCUT2D eigenvalue weighted by molar-refractivity contribution is -0.123. The van der Waals surface area contributed by atoms with E-state index >= 15 is 0 Å². The number of rotatable bonds is 4. The minimum atomic E-state index is -0.303. The van der Waals surface area contributed by atoms with Crippen molar-refractivity contribution in [3.8, 4) is 5.69 Å². The van der Waals surface area contributed by atoms with Crippen LogP contribution in [0.15, 0.2) is 47.6 Å². The zero-order chi connectivity index (χ0) is 16.4. The van der Waals surface area contributed by atoms with Gasteiger partial charge in [0.05, 0.1) is 23.3 Å². The van der Waals surface area contributed by atoms with Crippen LogP contribution in [0.4, 0.5) is 4.79 Å². The molecule has 0 radical (unpaired) electrons. The molecule has 8 heteroatoms. The van der Waals surface area contributed by atoms with Crippen LogP contribution in [-0.2, 0) is 11.3 Å². The van der Waals surface area contributed by atoms with Gasteiger partial charge in [-0.15, -0.1) is 5.10 Å². The Bertz CT molecular complexity index is 769. The van der Waals surface area contributed by atoms with Gasteiger partial charge in [0.2, 0.25) is 0 Å². The van der Waals surface area contributed by atoms with Crippen molar-refractivity contribution in [2.45, 2.75) is 6.54 Å². The Morgan fingerprint density at radius 1 is 1.22 bits per heavy atom. The van der Waals surface area contributed by atoms with Crippen LogP contribution < -0.4 is 0 Å². The molecule has 1 aliphatic rings. The molecular weight excluding hydrogens is 314 g/mol. The summed E-state index contributed by atoms with van der Waals surface area (Å²) in [5.74, 6) is -0.303. The summed E-state index contributed by atoms with van der Waals surface area (Å²) in [6, 6.07) is 9.52. The fourth-order valence-corrected chi connectivity index (χ4v) is 3.01. The Morgan fingerprint density at radius 3 is 2.65 bits per heavy atom. The predicted octanol–water partition coefficient (Wildman–Crippen LogP) is 1.87. The standard InChI is InChI=1S/C15H15N5O2S/c1-18(2)10-13-14(21)19(15(22)23-13)8-11-9-20(17-16-11)12-6-4-3-5-7-12/h3-7,9-10H,8H2,1-2H3/b13-10-. The first-order chi connectivity index (χ1) is 11.0. The summed E-state index contributed by atoms with van der Waals surface area (Å²) >= 11 is 0.934. The fraction of sp³-hybridized carbons (Fsp3) is 0.200. The van der Waals surface area contributed by atoms with Crippen molar-refractivity contribution in [1.82, 2.24) is 24.8 Å². The lowest BCUT2D eigenvalue weighted by Crippen LogP contribution is -2.28. The SMILES string of the molecule is CN(C)/C=C1\SC(=O)N(Cc2cn(-c3ccccc3)nn2)C1=O. The summed E-state index contributed by atoms with van der Waals surface area (Å²) in [5.41, 5.74) is 1.43. The van der Waals surface area contributed by atoms with Crippen molar-refractivity contribution in [3.63, 3.8) is 0 Å². The molecular formula is C15H15N5O2S. The predicted molar refractivity (Wildman–Crippen MR) is 86.7 cm³/mol. The number of amides is 2. The molecule has 7 nitrogen and oxygen atoms in total. The molecule has 3 rings (SSSR count). The van der Waals surface area contributed by atoms with E-state index in [1.54, 1.807) is 36.1 Å². The molecule has 1 aliphatic heterocycles. The van der Waals surface area contributed by atoms with E-state index in [4.69, 9.17) is 0 Å². The molecule has 0 bridgehead atoms. The van der Waals surface area contributed by atoms with Crippen LogP contribution in [0.3, 0.4) is 0 Å². The Kier molecular flexibility index (Phi) is 4.16. The summed E-state index contributed by atoms with van der Waals surface area (Å²) in [6.45, 7) is 0.113. The van der Waals surface area contributed by atoms with Crippen molar-refractivity contribution in [3.05, 3.63) is 53.3 Å². The van der Waals surface area contributed by atoms with Gasteiger partial charge in [-0.2, -0.15) is 0 Å². The van der Waals surface area contributed by atoms with Gasteiger partial charge in [-0.05, 0) is 23.9 Å². The van der Waals surface area contributed by atoms with Crippen molar-refractivity contribution in [1.29, 1.82) is 0 Å². The molecule has 2 amide bonds. The highest BCUT2D eigenvalue weighted by molar-refractivity contribution is 8.18. The lowest BCUT2D eigenvalue weighted by atomic mass is 10.3. The van der Waals surface area contributed by atoms with Crippen molar-refractivity contribution in [2.24, 2.45) is 0 Å². The van der Waals surface area contributed by atoms with Gasteiger partial charge >= 0.3 is 0 Å². The van der Waals surface area contributed by atoms with Crippen molar-refractivity contribution >= 4 is 22.9 Å². The van der Waals surface area contributed by atoms with Gasteiger partial charge in [0.25, 0.3) is 11.1 Å². The molecule has 1 saturated heterocycles. The lowest BCUT2D eigenvalue weighted by Gasteiger charge is -2.10. The summed E-state index contributed by atoms with van der Waals surface area (Å²) in [4.78, 5) is 27.6. The number of hydrogen-bond donors (Lipinski definition) is 0. The maximum atomic E-state index is 12.3. The molecule has 0 saturated carbocycles. The number of para-hydroxylation sites is 1. The number of imide groups is 1. The summed E-state index contributed by atoms with van der Waals surface area (Å²) in [7, 11) is 3.61. The first-order valence-electron chi connectivity index (χ1n) is 6.93. The second-order valence-electron chi connectivity index (χ2n) is 5.21. The normalized spacial score (nSPS) is 16.4. The Labute approximate surface area is 137 Å². The minimum absolute atomic E-state index is 0.113. The highest BCUT2D eigenvalue weighted by Crippen LogP contribution is 2.31. The molecule has 2 aromatic rings. The van der Waals surface area contributed by atoms with Gasteiger partial charge in [0.15, 0.2) is 0 Å². The van der Waals surface area contributed by atoms with E-state index in [0.717, 1.165) is 17.4 Å². The molecule has 1 fully saturated rings. The van der Waals surface area contributed by atoms with Crippen LogP contribution in [0.2, 0.25) is 0 Å². The Balaban J connectivity index is 1.77. The van der Waals surface area contributed by atoms with Crippen LogP contribution >= 0.6 is 11.8 Å². The van der Waals surface area contributed by atoms with Gasteiger partial charge in [-0.25, -0.2) is 4.68 Å². The van der Waals surface area contributed by atoms with E-state index in [-0.39, 0.29) is 17.7 Å². The first kappa shape index (κ1) is 15.3. The second kappa shape index (κ2) is 6.25. The maximum absolute atomic E-state index is 12.3. The number of carbonyl (C=O) groups is 2. The minimum Gasteiger partial charge on any atom is -0.382 e. The van der Waals surface area contributed by atoms with E-state index in [1.807, 2.05) is 30.3 Å². The molecule has 0 spiro atoms. The number of hydrogen-bond acceptors (Lipinski definition) is 6. The third kappa shape index (κ3) is 3.26. The Morgan fingerprint density at radius 2 is 1.96 bits per heavy atom. The quantitative estimate of drug-likeness (QED) is 0.798. The van der Waals surface area contributed by atoms with Crippen LogP contribution in [0, 0.1) is 0 Å². The monoisotopic (exact) mass is 329 g/mol. The molecule has 0 unspecified atom stereocenters. The van der Waals surface area contributed by atoms with Gasteiger partial charge in [-0.1, -0.05) is 23.4 Å². The van der Waals surface area contributed by atoms with E-state index in [1.165, 1.54) is 4.90 Å². The van der Waals surface area contributed by atoms with Gasteiger partial charge in [-0.3, -0.25) is 14.5 Å². The van der Waals surface area contributed by atoms with Gasteiger partial charge in [0, 0.05) is 20.3 Å². The molecule has 0 atom stereocenters. The summed E-state index contributed by atoms with van der Waals surface area (Å²) < 4.78 is 1.62.